The van der Waals surface area contributed by atoms with Crippen molar-refractivity contribution in [3.63, 3.8) is 0 Å². The molecule has 0 saturated heterocycles. The van der Waals surface area contributed by atoms with Crippen molar-refractivity contribution in [2.24, 2.45) is 4.99 Å². The zero-order chi connectivity index (χ0) is 14.4. The Labute approximate surface area is 118 Å². The minimum Gasteiger partial charge on any atom is -0.373 e. The number of rotatable bonds is 4. The van der Waals surface area contributed by atoms with E-state index < -0.39 is 0 Å². The molecular weight excluding hydrogens is 234 g/mol. The van der Waals surface area contributed by atoms with E-state index in [4.69, 9.17) is 0 Å². The van der Waals surface area contributed by atoms with Crippen LogP contribution in [0.4, 0.5) is 0 Å². The molecule has 0 aromatic carbocycles. The summed E-state index contributed by atoms with van der Waals surface area (Å²) in [6.45, 7) is 11.7. The molecule has 0 bridgehead atoms. The van der Waals surface area contributed by atoms with Gasteiger partial charge in [-0.3, -0.25) is 4.99 Å². The van der Waals surface area contributed by atoms with E-state index in [-0.39, 0.29) is 0 Å². The fraction of sp³-hybridized carbons (Fsp3) is 0.562. The molecule has 1 rings (SSSR count). The van der Waals surface area contributed by atoms with Crippen molar-refractivity contribution < 1.29 is 0 Å². The van der Waals surface area contributed by atoms with Gasteiger partial charge in [0.2, 0.25) is 0 Å². The molecule has 0 aliphatic carbocycles. The molecular formula is C16H27N3. The van der Waals surface area contributed by atoms with E-state index in [0.717, 1.165) is 25.1 Å². The molecule has 1 atom stereocenters. The summed E-state index contributed by atoms with van der Waals surface area (Å²) in [5.74, 6) is 0. The smallest absolute Gasteiger partial charge is 0.0559 e. The standard InChI is InChI=1S/C16H27N3/c1-7-15-10-12-18(6)16(9-8-11-17-5)14(4)19(15)13(2)3/h8-9,11,15H,2,7,10,12H2,1,3-6H3/b9-8-,17-11-. The average molecular weight is 261 g/mol. The summed E-state index contributed by atoms with van der Waals surface area (Å²) < 4.78 is 0. The molecule has 1 unspecified atom stereocenters. The van der Waals surface area contributed by atoms with Crippen LogP contribution in [0.1, 0.15) is 33.6 Å². The van der Waals surface area contributed by atoms with Crippen molar-refractivity contribution in [3.05, 3.63) is 35.8 Å². The quantitative estimate of drug-likeness (QED) is 0.722. The molecule has 0 fully saturated rings. The molecule has 0 aromatic rings. The third-order valence-electron chi connectivity index (χ3n) is 3.68. The Morgan fingerprint density at radius 1 is 1.53 bits per heavy atom. The van der Waals surface area contributed by atoms with Crippen LogP contribution in [0.25, 0.3) is 0 Å². The lowest BCUT2D eigenvalue weighted by Gasteiger charge is -2.32. The molecule has 3 heteroatoms. The van der Waals surface area contributed by atoms with Gasteiger partial charge in [0.05, 0.1) is 5.70 Å². The maximum absolute atomic E-state index is 4.15. The summed E-state index contributed by atoms with van der Waals surface area (Å²) >= 11 is 0. The van der Waals surface area contributed by atoms with Crippen molar-refractivity contribution in [2.45, 2.75) is 39.7 Å². The molecule has 1 aliphatic heterocycles. The Morgan fingerprint density at radius 2 is 2.21 bits per heavy atom. The van der Waals surface area contributed by atoms with Crippen molar-refractivity contribution >= 4 is 6.21 Å². The predicted molar refractivity (Wildman–Crippen MR) is 84.2 cm³/mol. The van der Waals surface area contributed by atoms with Gasteiger partial charge in [0.1, 0.15) is 0 Å². The summed E-state index contributed by atoms with van der Waals surface area (Å²) in [5.41, 5.74) is 3.65. The summed E-state index contributed by atoms with van der Waals surface area (Å²) in [6.07, 6.45) is 8.26. The SMILES string of the molecule is C=C(C)N1C(C)=C(/C=C\C=N/C)N(C)CCC1CC. The second kappa shape index (κ2) is 7.17. The summed E-state index contributed by atoms with van der Waals surface area (Å²) in [7, 11) is 3.94. The zero-order valence-electron chi connectivity index (χ0n) is 13.0. The van der Waals surface area contributed by atoms with Gasteiger partial charge >= 0.3 is 0 Å². The third kappa shape index (κ3) is 3.72. The molecule has 0 radical (unpaired) electrons. The first-order chi connectivity index (χ1) is 9.02. The molecule has 0 aromatic heterocycles. The molecule has 1 heterocycles. The lowest BCUT2D eigenvalue weighted by molar-refractivity contribution is 0.291. The Morgan fingerprint density at radius 3 is 2.74 bits per heavy atom. The highest BCUT2D eigenvalue weighted by Crippen LogP contribution is 2.28. The fourth-order valence-corrected chi connectivity index (χ4v) is 2.72. The summed E-state index contributed by atoms with van der Waals surface area (Å²) in [5, 5.41) is 0. The molecule has 0 amide bonds. The second-order valence-electron chi connectivity index (χ2n) is 5.11. The molecule has 0 saturated carbocycles. The van der Waals surface area contributed by atoms with Gasteiger partial charge in [-0.25, -0.2) is 0 Å². The lowest BCUT2D eigenvalue weighted by Crippen LogP contribution is -2.31. The predicted octanol–water partition coefficient (Wildman–Crippen LogP) is 3.42. The van der Waals surface area contributed by atoms with Crippen LogP contribution in [-0.2, 0) is 0 Å². The first-order valence-corrected chi connectivity index (χ1v) is 6.98. The number of hydrogen-bond acceptors (Lipinski definition) is 3. The first kappa shape index (κ1) is 15.5. The van der Waals surface area contributed by atoms with E-state index in [1.165, 1.54) is 11.4 Å². The van der Waals surface area contributed by atoms with Gasteiger partial charge in [-0.05, 0) is 38.8 Å². The van der Waals surface area contributed by atoms with Gasteiger partial charge in [0.15, 0.2) is 0 Å². The van der Waals surface area contributed by atoms with Crippen molar-refractivity contribution in [2.75, 3.05) is 20.6 Å². The number of nitrogens with zero attached hydrogens (tertiary/aromatic N) is 3. The molecule has 0 N–H and O–H groups in total. The van der Waals surface area contributed by atoms with E-state index in [1.807, 2.05) is 12.3 Å². The van der Waals surface area contributed by atoms with Crippen LogP contribution in [0.3, 0.4) is 0 Å². The maximum atomic E-state index is 4.15. The van der Waals surface area contributed by atoms with Crippen molar-refractivity contribution in [1.82, 2.24) is 9.80 Å². The Bertz CT molecular complexity index is 404. The van der Waals surface area contributed by atoms with E-state index in [9.17, 15) is 0 Å². The van der Waals surface area contributed by atoms with Crippen molar-refractivity contribution in [3.8, 4) is 0 Å². The second-order valence-corrected chi connectivity index (χ2v) is 5.11. The van der Waals surface area contributed by atoms with Crippen molar-refractivity contribution in [1.29, 1.82) is 0 Å². The largest absolute Gasteiger partial charge is 0.373 e. The van der Waals surface area contributed by atoms with Gasteiger partial charge in [-0.2, -0.15) is 0 Å². The number of aliphatic imine (C=N–C) groups is 1. The fourth-order valence-electron chi connectivity index (χ4n) is 2.72. The van der Waals surface area contributed by atoms with Crippen LogP contribution in [-0.4, -0.2) is 42.7 Å². The maximum Gasteiger partial charge on any atom is 0.0559 e. The average Bonchev–Trinajstić information content (AvgIpc) is 2.48. The van der Waals surface area contributed by atoms with Gasteiger partial charge < -0.3 is 9.80 Å². The Balaban J connectivity index is 3.19. The number of allylic oxidation sites excluding steroid dienone is 4. The van der Waals surface area contributed by atoms with Crippen LogP contribution < -0.4 is 0 Å². The first-order valence-electron chi connectivity index (χ1n) is 6.98. The minimum absolute atomic E-state index is 0.547. The van der Waals surface area contributed by atoms with Crippen LogP contribution >= 0.6 is 0 Å². The number of hydrogen-bond donors (Lipinski definition) is 0. The Hall–Kier alpha value is -1.51. The lowest BCUT2D eigenvalue weighted by atomic mass is 10.1. The molecule has 106 valence electrons. The molecule has 19 heavy (non-hydrogen) atoms. The van der Waals surface area contributed by atoms with E-state index in [2.05, 4.69) is 55.3 Å². The highest BCUT2D eigenvalue weighted by molar-refractivity contribution is 5.71. The Kier molecular flexibility index (Phi) is 5.87. The minimum atomic E-state index is 0.547. The third-order valence-corrected chi connectivity index (χ3v) is 3.68. The highest BCUT2D eigenvalue weighted by atomic mass is 15.2. The zero-order valence-corrected chi connectivity index (χ0v) is 13.0. The van der Waals surface area contributed by atoms with Crippen LogP contribution in [0.2, 0.25) is 0 Å². The van der Waals surface area contributed by atoms with Gasteiger partial charge in [-0.15, -0.1) is 0 Å². The normalized spacial score (nSPS) is 21.6. The van der Waals surface area contributed by atoms with Crippen LogP contribution in [0, 0.1) is 0 Å². The van der Waals surface area contributed by atoms with Gasteiger partial charge in [-0.1, -0.05) is 13.5 Å². The van der Waals surface area contributed by atoms with Gasteiger partial charge in [0.25, 0.3) is 0 Å². The highest BCUT2D eigenvalue weighted by Gasteiger charge is 2.24. The summed E-state index contributed by atoms with van der Waals surface area (Å²) in [6, 6.07) is 0.547. The monoisotopic (exact) mass is 261 g/mol. The number of likely N-dealkylation sites (N-methyl/N-ethyl adjacent to an activating group) is 1. The molecule has 0 spiro atoms. The van der Waals surface area contributed by atoms with Crippen LogP contribution in [0.15, 0.2) is 40.8 Å². The summed E-state index contributed by atoms with van der Waals surface area (Å²) in [4.78, 5) is 8.70. The molecule has 1 aliphatic rings. The molecule has 3 nitrogen and oxygen atoms in total. The van der Waals surface area contributed by atoms with E-state index in [1.54, 1.807) is 7.05 Å². The van der Waals surface area contributed by atoms with E-state index >= 15 is 0 Å². The topological polar surface area (TPSA) is 18.8 Å². The van der Waals surface area contributed by atoms with Crippen LogP contribution in [0.5, 0.6) is 0 Å². The van der Waals surface area contributed by atoms with E-state index in [0.29, 0.717) is 6.04 Å². The van der Waals surface area contributed by atoms with Gasteiger partial charge in [0, 0.05) is 44.3 Å².